The second kappa shape index (κ2) is 7.40. The number of anilines is 1. The van der Waals surface area contributed by atoms with Gasteiger partial charge >= 0.3 is 5.97 Å². The largest absolute Gasteiger partial charge is 0.495 e. The maximum atomic E-state index is 12.4. The summed E-state index contributed by atoms with van der Waals surface area (Å²) in [5.74, 6) is -0.901. The molecule has 6 nitrogen and oxygen atoms in total. The van der Waals surface area contributed by atoms with E-state index in [1.807, 2.05) is 6.92 Å². The van der Waals surface area contributed by atoms with Gasteiger partial charge in [0.15, 0.2) is 0 Å². The molecule has 0 bridgehead atoms. The molecule has 0 atom stereocenters. The molecule has 0 saturated heterocycles. The zero-order chi connectivity index (χ0) is 17.9. The van der Waals surface area contributed by atoms with Gasteiger partial charge < -0.3 is 19.7 Å². The van der Waals surface area contributed by atoms with Crippen LogP contribution >= 0.6 is 11.6 Å². The summed E-state index contributed by atoms with van der Waals surface area (Å²) in [6, 6.07) is 4.89. The molecular weight excluding hydrogens is 332 g/mol. The summed E-state index contributed by atoms with van der Waals surface area (Å²) in [7, 11) is 1.49. The van der Waals surface area contributed by atoms with Gasteiger partial charge in [0.05, 0.1) is 24.8 Å². The smallest absolute Gasteiger partial charge is 0.337 e. The van der Waals surface area contributed by atoms with Crippen molar-refractivity contribution in [1.82, 2.24) is 4.57 Å². The zero-order valence-corrected chi connectivity index (χ0v) is 14.5. The fourth-order valence-electron chi connectivity index (χ4n) is 2.64. The van der Waals surface area contributed by atoms with E-state index in [-0.39, 0.29) is 17.9 Å². The van der Waals surface area contributed by atoms with E-state index in [0.29, 0.717) is 34.3 Å². The van der Waals surface area contributed by atoms with Gasteiger partial charge in [0.1, 0.15) is 5.75 Å². The number of aromatic carboxylic acids is 1. The number of carbonyl (C=O) groups excluding carboxylic acids is 1. The molecular formula is C17H19ClN2O4. The highest BCUT2D eigenvalue weighted by molar-refractivity contribution is 6.31. The Morgan fingerprint density at radius 2 is 2.08 bits per heavy atom. The van der Waals surface area contributed by atoms with Crippen LogP contribution in [0.2, 0.25) is 5.02 Å². The quantitative estimate of drug-likeness (QED) is 0.837. The number of aromatic nitrogens is 1. The number of rotatable bonds is 6. The Kier molecular flexibility index (Phi) is 5.51. The summed E-state index contributed by atoms with van der Waals surface area (Å²) in [6.07, 6.45) is 1.69. The number of methoxy groups -OCH3 is 1. The number of benzene rings is 1. The molecule has 2 aromatic rings. The molecule has 128 valence electrons. The Bertz CT molecular complexity index is 783. The summed E-state index contributed by atoms with van der Waals surface area (Å²) in [5, 5.41) is 12.6. The summed E-state index contributed by atoms with van der Waals surface area (Å²) in [4.78, 5) is 23.9. The van der Waals surface area contributed by atoms with Gasteiger partial charge in [-0.15, -0.1) is 0 Å². The molecule has 0 unspecified atom stereocenters. The number of hydrogen-bond acceptors (Lipinski definition) is 3. The van der Waals surface area contributed by atoms with Crippen LogP contribution in [0.5, 0.6) is 5.75 Å². The molecule has 1 amide bonds. The van der Waals surface area contributed by atoms with Crippen molar-refractivity contribution >= 4 is 29.2 Å². The van der Waals surface area contributed by atoms with E-state index in [1.54, 1.807) is 35.9 Å². The highest BCUT2D eigenvalue weighted by atomic mass is 35.5. The van der Waals surface area contributed by atoms with Crippen LogP contribution in [0.1, 0.15) is 28.5 Å². The molecule has 24 heavy (non-hydrogen) atoms. The average Bonchev–Trinajstić information content (AvgIpc) is 2.83. The lowest BCUT2D eigenvalue weighted by Crippen LogP contribution is -2.19. The van der Waals surface area contributed by atoms with Crippen molar-refractivity contribution in [3.05, 3.63) is 46.2 Å². The number of carboxylic acid groups (broad SMARTS) is 1. The van der Waals surface area contributed by atoms with E-state index in [1.165, 1.54) is 7.11 Å². The van der Waals surface area contributed by atoms with Gasteiger partial charge in [0.25, 0.3) is 0 Å². The van der Waals surface area contributed by atoms with Gasteiger partial charge in [0.2, 0.25) is 5.91 Å². The lowest BCUT2D eigenvalue weighted by molar-refractivity contribution is -0.115. The first kappa shape index (κ1) is 17.9. The van der Waals surface area contributed by atoms with E-state index in [2.05, 4.69) is 5.32 Å². The zero-order valence-electron chi connectivity index (χ0n) is 13.7. The molecule has 2 N–H and O–H groups in total. The number of nitrogens with one attached hydrogen (secondary N) is 1. The van der Waals surface area contributed by atoms with Crippen molar-refractivity contribution in [2.45, 2.75) is 26.8 Å². The molecule has 0 spiro atoms. The molecule has 0 aliphatic rings. The third-order valence-corrected chi connectivity index (χ3v) is 3.93. The van der Waals surface area contributed by atoms with E-state index >= 15 is 0 Å². The van der Waals surface area contributed by atoms with Crippen LogP contribution in [-0.2, 0) is 17.8 Å². The Balaban J connectivity index is 2.28. The van der Waals surface area contributed by atoms with Crippen LogP contribution in [0.3, 0.4) is 0 Å². The first-order chi connectivity index (χ1) is 11.4. The van der Waals surface area contributed by atoms with Gasteiger partial charge in [-0.25, -0.2) is 4.79 Å². The predicted octanol–water partition coefficient (Wildman–Crippen LogP) is 3.36. The van der Waals surface area contributed by atoms with E-state index < -0.39 is 5.97 Å². The second-order valence-corrected chi connectivity index (χ2v) is 5.73. The number of ether oxygens (including phenoxy) is 1. The number of aryl methyl sites for hydroxylation is 2. The molecule has 1 aromatic heterocycles. The standard InChI is InChI=1S/C17H19ClN2O4/c1-4-20-9-10(2)16(17(22)23)13(20)8-15(21)19-12-7-11(18)5-6-14(12)24-3/h5-7,9H,4,8H2,1-3H3,(H,19,21)(H,22,23). The van der Waals surface area contributed by atoms with E-state index in [4.69, 9.17) is 16.3 Å². The molecule has 2 rings (SSSR count). The minimum atomic E-state index is -1.04. The molecule has 0 fully saturated rings. The summed E-state index contributed by atoms with van der Waals surface area (Å²) >= 11 is 5.95. The summed E-state index contributed by atoms with van der Waals surface area (Å²) in [6.45, 7) is 4.20. The average molecular weight is 351 g/mol. The van der Waals surface area contributed by atoms with Crippen molar-refractivity contribution < 1.29 is 19.4 Å². The minimum Gasteiger partial charge on any atom is -0.495 e. The molecule has 1 heterocycles. The number of halogens is 1. The van der Waals surface area contributed by atoms with Crippen molar-refractivity contribution in [2.75, 3.05) is 12.4 Å². The third kappa shape index (κ3) is 3.71. The maximum Gasteiger partial charge on any atom is 0.337 e. The van der Waals surface area contributed by atoms with Gasteiger partial charge in [0, 0.05) is 23.5 Å². The second-order valence-electron chi connectivity index (χ2n) is 5.29. The molecule has 7 heteroatoms. The Morgan fingerprint density at radius 3 is 2.67 bits per heavy atom. The van der Waals surface area contributed by atoms with E-state index in [0.717, 1.165) is 0 Å². The fourth-order valence-corrected chi connectivity index (χ4v) is 2.81. The maximum absolute atomic E-state index is 12.4. The van der Waals surface area contributed by atoms with Gasteiger partial charge in [-0.2, -0.15) is 0 Å². The highest BCUT2D eigenvalue weighted by Crippen LogP contribution is 2.28. The third-order valence-electron chi connectivity index (χ3n) is 3.70. The molecule has 0 radical (unpaired) electrons. The number of hydrogen-bond donors (Lipinski definition) is 2. The lowest BCUT2D eigenvalue weighted by Gasteiger charge is -2.12. The summed E-state index contributed by atoms with van der Waals surface area (Å²) in [5.41, 5.74) is 1.72. The Labute approximate surface area is 145 Å². The Hall–Kier alpha value is -2.47. The van der Waals surface area contributed by atoms with Crippen molar-refractivity contribution in [3.8, 4) is 5.75 Å². The number of carboxylic acids is 1. The van der Waals surface area contributed by atoms with Crippen LogP contribution in [0.15, 0.2) is 24.4 Å². The van der Waals surface area contributed by atoms with Crippen LogP contribution in [0.4, 0.5) is 5.69 Å². The van der Waals surface area contributed by atoms with Crippen molar-refractivity contribution in [1.29, 1.82) is 0 Å². The number of nitrogens with zero attached hydrogens (tertiary/aromatic N) is 1. The lowest BCUT2D eigenvalue weighted by atomic mass is 10.1. The topological polar surface area (TPSA) is 80.6 Å². The van der Waals surface area contributed by atoms with E-state index in [9.17, 15) is 14.7 Å². The van der Waals surface area contributed by atoms with Crippen molar-refractivity contribution in [3.63, 3.8) is 0 Å². The van der Waals surface area contributed by atoms with Gasteiger partial charge in [-0.05, 0) is 37.6 Å². The van der Waals surface area contributed by atoms with Gasteiger partial charge in [-0.3, -0.25) is 4.79 Å². The predicted molar refractivity (Wildman–Crippen MR) is 92.1 cm³/mol. The Morgan fingerprint density at radius 1 is 1.38 bits per heavy atom. The molecule has 1 aromatic carbocycles. The van der Waals surface area contributed by atoms with Crippen LogP contribution in [0.25, 0.3) is 0 Å². The molecule has 0 aliphatic heterocycles. The summed E-state index contributed by atoms with van der Waals surface area (Å²) < 4.78 is 6.96. The van der Waals surface area contributed by atoms with Crippen molar-refractivity contribution in [2.24, 2.45) is 0 Å². The first-order valence-electron chi connectivity index (χ1n) is 7.42. The molecule has 0 aliphatic carbocycles. The van der Waals surface area contributed by atoms with Gasteiger partial charge in [-0.1, -0.05) is 11.6 Å². The van der Waals surface area contributed by atoms with Crippen LogP contribution in [-0.4, -0.2) is 28.7 Å². The number of amides is 1. The molecule has 0 saturated carbocycles. The number of carbonyl (C=O) groups is 2. The first-order valence-corrected chi connectivity index (χ1v) is 7.80. The highest BCUT2D eigenvalue weighted by Gasteiger charge is 2.21. The van der Waals surface area contributed by atoms with Crippen LogP contribution in [0, 0.1) is 6.92 Å². The SMILES string of the molecule is CCn1cc(C)c(C(=O)O)c1CC(=O)Nc1cc(Cl)ccc1OC. The minimum absolute atomic E-state index is 0.0566. The normalized spacial score (nSPS) is 10.5. The fraction of sp³-hybridized carbons (Fsp3) is 0.294. The van der Waals surface area contributed by atoms with Crippen LogP contribution < -0.4 is 10.1 Å². The monoisotopic (exact) mass is 350 g/mol.